The third kappa shape index (κ3) is 5.50. The number of halogens is 1. The molecule has 0 atom stereocenters. The van der Waals surface area contributed by atoms with E-state index in [4.69, 9.17) is 4.52 Å². The number of amides is 1. The summed E-state index contributed by atoms with van der Waals surface area (Å²) in [6.45, 7) is 12.5. The van der Waals surface area contributed by atoms with Crippen LogP contribution in [0.5, 0.6) is 0 Å². The Kier molecular flexibility index (Phi) is 7.01. The molecule has 0 spiro atoms. The zero-order chi connectivity index (χ0) is 17.6. The molecule has 0 radical (unpaired) electrons. The quantitative estimate of drug-likeness (QED) is 0.814. The SMILES string of the molecule is CC.Cc1cc(Br)ccc1CNC(=O)c1cc(C(C)(C)C)on1. The maximum Gasteiger partial charge on any atom is 0.273 e. The molecular weight excluding hydrogens is 356 g/mol. The molecule has 0 unspecified atom stereocenters. The van der Waals surface area contributed by atoms with E-state index in [-0.39, 0.29) is 11.3 Å². The molecule has 1 aromatic carbocycles. The van der Waals surface area contributed by atoms with Crippen LogP contribution in [0.15, 0.2) is 33.3 Å². The van der Waals surface area contributed by atoms with Crippen molar-refractivity contribution >= 4 is 21.8 Å². The fraction of sp³-hybridized carbons (Fsp3) is 0.444. The average Bonchev–Trinajstić information content (AvgIpc) is 2.98. The van der Waals surface area contributed by atoms with Gasteiger partial charge in [-0.3, -0.25) is 4.79 Å². The molecule has 1 amide bonds. The summed E-state index contributed by atoms with van der Waals surface area (Å²) in [5, 5.41) is 6.70. The van der Waals surface area contributed by atoms with Crippen LogP contribution in [0.25, 0.3) is 0 Å². The van der Waals surface area contributed by atoms with Gasteiger partial charge in [0, 0.05) is 22.5 Å². The van der Waals surface area contributed by atoms with Gasteiger partial charge >= 0.3 is 0 Å². The average molecular weight is 381 g/mol. The maximum atomic E-state index is 12.1. The van der Waals surface area contributed by atoms with Crippen LogP contribution in [0, 0.1) is 6.92 Å². The van der Waals surface area contributed by atoms with Crippen LogP contribution in [0.4, 0.5) is 0 Å². The van der Waals surface area contributed by atoms with Crippen molar-refractivity contribution in [1.82, 2.24) is 10.5 Å². The standard InChI is InChI=1S/C16H19BrN2O2.C2H6/c1-10-7-12(17)6-5-11(10)9-18-15(20)13-8-14(21-19-13)16(2,3)4;1-2/h5-8H,9H2,1-4H3,(H,18,20);1-2H3. The van der Waals surface area contributed by atoms with E-state index >= 15 is 0 Å². The molecule has 4 nitrogen and oxygen atoms in total. The van der Waals surface area contributed by atoms with Gasteiger partial charge in [0.25, 0.3) is 5.91 Å². The van der Waals surface area contributed by atoms with Crippen LogP contribution in [0.1, 0.15) is 62.0 Å². The summed E-state index contributed by atoms with van der Waals surface area (Å²) < 4.78 is 6.25. The summed E-state index contributed by atoms with van der Waals surface area (Å²) in [6, 6.07) is 7.67. The Balaban J connectivity index is 0.00000127. The van der Waals surface area contributed by atoms with Crippen LogP contribution < -0.4 is 5.32 Å². The normalized spacial score (nSPS) is 10.7. The maximum absolute atomic E-state index is 12.1. The highest BCUT2D eigenvalue weighted by molar-refractivity contribution is 9.10. The van der Waals surface area contributed by atoms with E-state index in [1.54, 1.807) is 6.07 Å². The zero-order valence-corrected chi connectivity index (χ0v) is 16.2. The number of hydrogen-bond acceptors (Lipinski definition) is 3. The minimum absolute atomic E-state index is 0.159. The van der Waals surface area contributed by atoms with E-state index < -0.39 is 0 Å². The molecule has 0 aliphatic carbocycles. The minimum atomic E-state index is -0.225. The van der Waals surface area contributed by atoms with Gasteiger partial charge < -0.3 is 9.84 Å². The van der Waals surface area contributed by atoms with Crippen molar-refractivity contribution in [2.75, 3.05) is 0 Å². The molecule has 0 saturated heterocycles. The molecule has 2 aromatic rings. The smallest absolute Gasteiger partial charge is 0.273 e. The van der Waals surface area contributed by atoms with Crippen LogP contribution in [0.3, 0.4) is 0 Å². The Morgan fingerprint density at radius 2 is 1.91 bits per heavy atom. The van der Waals surface area contributed by atoms with E-state index in [9.17, 15) is 4.79 Å². The molecule has 2 rings (SSSR count). The zero-order valence-electron chi connectivity index (χ0n) is 14.7. The topological polar surface area (TPSA) is 55.1 Å². The van der Waals surface area contributed by atoms with Gasteiger partial charge in [0.2, 0.25) is 0 Å². The van der Waals surface area contributed by atoms with Gasteiger partial charge in [-0.25, -0.2) is 0 Å². The van der Waals surface area contributed by atoms with Crippen molar-refractivity contribution in [2.45, 2.75) is 53.5 Å². The van der Waals surface area contributed by atoms with Gasteiger partial charge in [0.05, 0.1) is 0 Å². The highest BCUT2D eigenvalue weighted by Crippen LogP contribution is 2.22. The van der Waals surface area contributed by atoms with Gasteiger partial charge in [-0.2, -0.15) is 0 Å². The molecular formula is C18H25BrN2O2. The van der Waals surface area contributed by atoms with Gasteiger partial charge in [-0.15, -0.1) is 0 Å². The van der Waals surface area contributed by atoms with E-state index in [0.29, 0.717) is 18.0 Å². The molecule has 0 aliphatic heterocycles. The number of carbonyl (C=O) groups is 1. The lowest BCUT2D eigenvalue weighted by molar-refractivity contribution is 0.0941. The Morgan fingerprint density at radius 3 is 2.43 bits per heavy atom. The molecule has 1 aromatic heterocycles. The predicted molar refractivity (Wildman–Crippen MR) is 96.6 cm³/mol. The lowest BCUT2D eigenvalue weighted by Gasteiger charge is -2.12. The summed E-state index contributed by atoms with van der Waals surface area (Å²) in [7, 11) is 0. The first-order valence-corrected chi connectivity index (χ1v) is 8.57. The first-order valence-electron chi connectivity index (χ1n) is 7.78. The molecule has 1 N–H and O–H groups in total. The Labute approximate surface area is 146 Å². The van der Waals surface area contributed by atoms with E-state index in [1.165, 1.54) is 0 Å². The summed E-state index contributed by atoms with van der Waals surface area (Å²) in [5.74, 6) is 0.476. The number of carbonyl (C=O) groups excluding carboxylic acids is 1. The van der Waals surface area contributed by atoms with E-state index in [2.05, 4.69) is 26.4 Å². The van der Waals surface area contributed by atoms with Crippen molar-refractivity contribution in [3.8, 4) is 0 Å². The van der Waals surface area contributed by atoms with Gasteiger partial charge in [-0.1, -0.05) is 61.8 Å². The van der Waals surface area contributed by atoms with Gasteiger partial charge in [-0.05, 0) is 30.2 Å². The lowest BCUT2D eigenvalue weighted by atomic mass is 9.93. The highest BCUT2D eigenvalue weighted by atomic mass is 79.9. The van der Waals surface area contributed by atoms with Crippen molar-refractivity contribution in [2.24, 2.45) is 0 Å². The van der Waals surface area contributed by atoms with Crippen molar-refractivity contribution in [1.29, 1.82) is 0 Å². The number of rotatable bonds is 3. The van der Waals surface area contributed by atoms with Crippen LogP contribution in [-0.2, 0) is 12.0 Å². The van der Waals surface area contributed by atoms with Crippen molar-refractivity contribution in [3.63, 3.8) is 0 Å². The number of aromatic nitrogens is 1. The Hall–Kier alpha value is -1.62. The Morgan fingerprint density at radius 1 is 1.26 bits per heavy atom. The second-order valence-electron chi connectivity index (χ2n) is 6.08. The lowest BCUT2D eigenvalue weighted by Crippen LogP contribution is -2.23. The summed E-state index contributed by atoms with van der Waals surface area (Å²) in [5.41, 5.74) is 2.36. The van der Waals surface area contributed by atoms with Crippen LogP contribution in [0.2, 0.25) is 0 Å². The van der Waals surface area contributed by atoms with E-state index in [1.807, 2.05) is 59.7 Å². The number of aryl methyl sites for hydroxylation is 1. The van der Waals surface area contributed by atoms with Crippen molar-refractivity contribution in [3.05, 3.63) is 51.3 Å². The largest absolute Gasteiger partial charge is 0.360 e. The summed E-state index contributed by atoms with van der Waals surface area (Å²) in [4.78, 5) is 12.1. The number of benzene rings is 1. The third-order valence-corrected chi connectivity index (χ3v) is 3.72. The molecule has 0 fully saturated rings. The fourth-order valence-electron chi connectivity index (χ4n) is 1.86. The molecule has 1 heterocycles. The second kappa shape index (κ2) is 8.29. The Bertz CT molecular complexity index is 657. The summed E-state index contributed by atoms with van der Waals surface area (Å²) in [6.07, 6.45) is 0. The number of nitrogens with zero attached hydrogens (tertiary/aromatic N) is 1. The van der Waals surface area contributed by atoms with Gasteiger partial charge in [0.1, 0.15) is 5.76 Å². The highest BCUT2D eigenvalue weighted by Gasteiger charge is 2.22. The van der Waals surface area contributed by atoms with E-state index in [0.717, 1.165) is 15.6 Å². The van der Waals surface area contributed by atoms with Crippen molar-refractivity contribution < 1.29 is 9.32 Å². The number of hydrogen-bond donors (Lipinski definition) is 1. The fourth-order valence-corrected chi connectivity index (χ4v) is 2.33. The van der Waals surface area contributed by atoms with Crippen LogP contribution >= 0.6 is 15.9 Å². The predicted octanol–water partition coefficient (Wildman–Crippen LogP) is 5.00. The monoisotopic (exact) mass is 380 g/mol. The molecule has 0 bridgehead atoms. The molecule has 0 aliphatic rings. The molecule has 126 valence electrons. The first-order chi connectivity index (χ1) is 10.8. The molecule has 0 saturated carbocycles. The second-order valence-corrected chi connectivity index (χ2v) is 7.00. The number of nitrogens with one attached hydrogen (secondary N) is 1. The first kappa shape index (κ1) is 19.4. The van der Waals surface area contributed by atoms with Gasteiger partial charge in [0.15, 0.2) is 5.69 Å². The molecule has 5 heteroatoms. The minimum Gasteiger partial charge on any atom is -0.360 e. The third-order valence-electron chi connectivity index (χ3n) is 3.23. The van der Waals surface area contributed by atoms with Crippen LogP contribution in [-0.4, -0.2) is 11.1 Å². The summed E-state index contributed by atoms with van der Waals surface area (Å²) >= 11 is 3.42. The molecule has 23 heavy (non-hydrogen) atoms.